The zero-order valence-electron chi connectivity index (χ0n) is 46.4. The Bertz CT molecular complexity index is 3500. The number of hydrogen-bond acceptors (Lipinski definition) is 16. The predicted molar refractivity (Wildman–Crippen MR) is 311 cm³/mol. The second-order valence-corrected chi connectivity index (χ2v) is 25.6. The molecule has 2 amide bonds. The lowest BCUT2D eigenvalue weighted by molar-refractivity contribution is -0.141. The minimum absolute atomic E-state index is 0.0692. The van der Waals surface area contributed by atoms with Crippen LogP contribution >= 0.6 is 11.3 Å². The van der Waals surface area contributed by atoms with E-state index in [9.17, 15) is 19.8 Å². The third-order valence-corrected chi connectivity index (χ3v) is 20.0. The van der Waals surface area contributed by atoms with Crippen molar-refractivity contribution in [1.82, 2.24) is 45.5 Å². The van der Waals surface area contributed by atoms with Gasteiger partial charge in [0.05, 0.1) is 44.8 Å². The third-order valence-electron chi connectivity index (χ3n) is 19.1. The van der Waals surface area contributed by atoms with Crippen LogP contribution in [0.4, 0.5) is 17.6 Å². The van der Waals surface area contributed by atoms with Crippen molar-refractivity contribution >= 4 is 62.4 Å². The van der Waals surface area contributed by atoms with E-state index in [1.54, 1.807) is 16.2 Å². The van der Waals surface area contributed by atoms with Gasteiger partial charge in [-0.1, -0.05) is 68.4 Å². The van der Waals surface area contributed by atoms with Crippen LogP contribution in [0.2, 0.25) is 0 Å². The topological polar surface area (TPSA) is 192 Å². The monoisotopic (exact) mass is 1100 g/mol. The third kappa shape index (κ3) is 9.14. The molecule has 7 atom stereocenters. The van der Waals surface area contributed by atoms with Crippen molar-refractivity contribution < 1.29 is 24.3 Å². The summed E-state index contributed by atoms with van der Waals surface area (Å²) in [5, 5.41) is 36.3. The first kappa shape index (κ1) is 51.4. The fourth-order valence-electron chi connectivity index (χ4n) is 14.7. The molecule has 2 bridgehead atoms. The average Bonchev–Trinajstić information content (AvgIpc) is 4.29. The Labute approximate surface area is 470 Å². The number of nitrogens with zero attached hydrogens (tertiary/aromatic N) is 10. The van der Waals surface area contributed by atoms with Crippen molar-refractivity contribution in [3.8, 4) is 27.4 Å². The summed E-state index contributed by atoms with van der Waals surface area (Å²) in [6, 6.07) is 20.4. The van der Waals surface area contributed by atoms with Gasteiger partial charge in [0.15, 0.2) is 11.6 Å². The van der Waals surface area contributed by atoms with Gasteiger partial charge in [0.25, 0.3) is 0 Å². The number of carbonyl (C=O) groups excluding carboxylic acids is 2. The maximum absolute atomic E-state index is 14.4. The number of rotatable bonds is 13. The number of aryl methyl sites for hydroxylation is 1. The second kappa shape index (κ2) is 20.4. The summed E-state index contributed by atoms with van der Waals surface area (Å²) in [5.74, 6) is 3.31. The van der Waals surface area contributed by atoms with Gasteiger partial charge in [0.2, 0.25) is 17.8 Å². The summed E-state index contributed by atoms with van der Waals surface area (Å²) in [4.78, 5) is 61.2. The molecule has 18 heteroatoms. The van der Waals surface area contributed by atoms with Crippen LogP contribution in [-0.4, -0.2) is 146 Å². The molecule has 80 heavy (non-hydrogen) atoms. The molecule has 14 rings (SSSR count). The van der Waals surface area contributed by atoms with E-state index in [0.717, 1.165) is 130 Å². The van der Waals surface area contributed by atoms with Crippen LogP contribution in [0.25, 0.3) is 43.4 Å². The number of aromatic hydroxyl groups is 1. The molecule has 6 fully saturated rings. The zero-order chi connectivity index (χ0) is 54.7. The van der Waals surface area contributed by atoms with E-state index in [-0.39, 0.29) is 48.4 Å². The SMILES string of the molecule is Cc1ncsc1-c1ccc([C@H](C)NC(=O)[C@@H]2C[C@@H](O)CN2C(=O)[C@@H](c2cc(N3CC(CC4CCN(C5CN(c6nc(N7CC8CCC(C7)N8)c7cnc8c(c7n6)C(C)c6cccc7cc(O)cc-8c67)C5)CC4)C3)no2)C(C)C)cc1. The first-order chi connectivity index (χ1) is 38.8. The van der Waals surface area contributed by atoms with Crippen molar-refractivity contribution in [2.75, 3.05) is 73.6 Å². The van der Waals surface area contributed by atoms with E-state index in [4.69, 9.17) is 19.5 Å². The normalized spacial score (nSPS) is 24.2. The predicted octanol–water partition coefficient (Wildman–Crippen LogP) is 8.38. The number of thiazole rings is 1. The summed E-state index contributed by atoms with van der Waals surface area (Å²) in [6.07, 6.45) is 7.31. The number of pyridine rings is 1. The van der Waals surface area contributed by atoms with Crippen LogP contribution in [0.3, 0.4) is 0 Å². The highest BCUT2D eigenvalue weighted by atomic mass is 32.1. The molecule has 6 saturated heterocycles. The van der Waals surface area contributed by atoms with Crippen molar-refractivity contribution in [3.63, 3.8) is 0 Å². The number of aliphatic hydroxyl groups is 1. The fraction of sp³-hybridized carbons (Fsp3) is 0.500. The van der Waals surface area contributed by atoms with Crippen molar-refractivity contribution in [2.24, 2.45) is 17.8 Å². The number of aliphatic hydroxyl groups excluding tert-OH is 1. The summed E-state index contributed by atoms with van der Waals surface area (Å²) >= 11 is 1.60. The minimum atomic E-state index is -0.800. The molecule has 17 nitrogen and oxygen atoms in total. The number of β-amino-alcohol motifs (C(OH)–C–C–N with tert-alkyl or cyclic N) is 1. The van der Waals surface area contributed by atoms with E-state index in [1.165, 1.54) is 37.7 Å². The first-order valence-corrected chi connectivity index (χ1v) is 30.1. The van der Waals surface area contributed by atoms with Gasteiger partial charge < -0.3 is 45.0 Å². The number of amides is 2. The molecular weight excluding hydrogens is 1020 g/mol. The van der Waals surface area contributed by atoms with Crippen LogP contribution in [0, 0.1) is 24.7 Å². The Morgan fingerprint density at radius 2 is 1.65 bits per heavy atom. The molecule has 1 aliphatic carbocycles. The zero-order valence-corrected chi connectivity index (χ0v) is 47.2. The molecule has 7 aliphatic rings. The second-order valence-electron chi connectivity index (χ2n) is 24.7. The molecule has 6 aliphatic heterocycles. The maximum Gasteiger partial charge on any atom is 0.243 e. The largest absolute Gasteiger partial charge is 0.508 e. The first-order valence-electron chi connectivity index (χ1n) is 29.3. The van der Waals surface area contributed by atoms with Crippen LogP contribution < -0.4 is 25.3 Å². The Kier molecular flexibility index (Phi) is 13.1. The van der Waals surface area contributed by atoms with Gasteiger partial charge in [-0.15, -0.1) is 11.3 Å². The number of nitrogens with one attached hydrogen (secondary N) is 2. The lowest BCUT2D eigenvalue weighted by Crippen LogP contribution is -2.61. The number of hydrogen-bond donors (Lipinski definition) is 4. The number of phenolic OH excluding ortho intramolecular Hbond substituents is 1. The number of fused-ring (bicyclic) bond motifs is 6. The minimum Gasteiger partial charge on any atom is -0.508 e. The van der Waals surface area contributed by atoms with Gasteiger partial charge in [-0.2, -0.15) is 4.98 Å². The molecule has 3 unspecified atom stereocenters. The molecule has 4 N–H and O–H groups in total. The lowest BCUT2D eigenvalue weighted by Gasteiger charge is -2.48. The highest BCUT2D eigenvalue weighted by Gasteiger charge is 2.45. The number of likely N-dealkylation sites (tertiary alicyclic amines) is 2. The summed E-state index contributed by atoms with van der Waals surface area (Å²) in [5.41, 5.74) is 10.1. The van der Waals surface area contributed by atoms with Crippen LogP contribution in [0.5, 0.6) is 5.75 Å². The van der Waals surface area contributed by atoms with Crippen LogP contribution in [-0.2, 0) is 9.59 Å². The standard InChI is InChI=1S/C62H72N12O5S/c1-33(2)53(61(78)74-31-46(76)22-50(74)60(77)65-35(4)39-9-11-40(12-10-39)58-36(5)64-32-80-58)51-23-52(69-79-51)71-25-38(26-71)19-37-15-17-70(18-16-37)44-29-73(30-44)62-67-57-49(59(68-62)72-27-42-13-14-43(28-72)66-42)24-63-56-48-21-45(75)20-41-7-6-8-47(55(41)48)34(3)54(56)57/h6-12,20-21,23-24,32-35,37-38,42-44,46,50,53,66,75-76H,13-19,22,25-31H2,1-5H3,(H,65,77)/t34?,35-,42?,43?,46+,50-,53+/m0/s1. The molecule has 3 aromatic carbocycles. The van der Waals surface area contributed by atoms with Gasteiger partial charge >= 0.3 is 0 Å². The van der Waals surface area contributed by atoms with Crippen molar-refractivity contribution in [3.05, 3.63) is 101 Å². The highest BCUT2D eigenvalue weighted by molar-refractivity contribution is 7.13. The molecule has 0 spiro atoms. The molecule has 7 aromatic rings. The average molecular weight is 1100 g/mol. The quantitative estimate of drug-likeness (QED) is 0.0860. The lowest BCUT2D eigenvalue weighted by atomic mass is 9.79. The van der Waals surface area contributed by atoms with Gasteiger partial charge in [0.1, 0.15) is 23.5 Å². The van der Waals surface area contributed by atoms with E-state index in [2.05, 4.69) is 65.5 Å². The molecular formula is C62H72N12O5S. The molecule has 0 radical (unpaired) electrons. The van der Waals surface area contributed by atoms with E-state index >= 15 is 0 Å². The number of anilines is 3. The number of piperidine rings is 1. The van der Waals surface area contributed by atoms with E-state index in [0.29, 0.717) is 35.7 Å². The van der Waals surface area contributed by atoms with Gasteiger partial charge in [-0.05, 0) is 116 Å². The van der Waals surface area contributed by atoms with Gasteiger partial charge in [0, 0.05) is 99.7 Å². The van der Waals surface area contributed by atoms with Gasteiger partial charge in [-0.3, -0.25) is 19.5 Å². The number of benzene rings is 3. The smallest absolute Gasteiger partial charge is 0.243 e. The molecule has 10 heterocycles. The number of carbonyl (C=O) groups is 2. The molecule has 0 saturated carbocycles. The molecule has 4 aromatic heterocycles. The van der Waals surface area contributed by atoms with Crippen LogP contribution in [0.15, 0.2) is 76.9 Å². The number of phenols is 1. The fourth-order valence-corrected chi connectivity index (χ4v) is 15.5. The van der Waals surface area contributed by atoms with E-state index in [1.807, 2.05) is 81.9 Å². The Morgan fingerprint density at radius 1 is 0.875 bits per heavy atom. The van der Waals surface area contributed by atoms with Crippen LogP contribution in [0.1, 0.15) is 112 Å². The van der Waals surface area contributed by atoms with E-state index < -0.39 is 18.1 Å². The van der Waals surface area contributed by atoms with Gasteiger partial charge in [-0.25, -0.2) is 9.97 Å². The summed E-state index contributed by atoms with van der Waals surface area (Å²) in [6.45, 7) is 17.9. The molecule has 416 valence electrons. The van der Waals surface area contributed by atoms with Crippen molar-refractivity contribution in [2.45, 2.75) is 121 Å². The Morgan fingerprint density at radius 3 is 2.39 bits per heavy atom. The number of piperazine rings is 1. The summed E-state index contributed by atoms with van der Waals surface area (Å²) < 4.78 is 5.96. The Balaban J connectivity index is 0.590. The summed E-state index contributed by atoms with van der Waals surface area (Å²) in [7, 11) is 0. The maximum atomic E-state index is 14.4. The Hall–Kier alpha value is -6.73. The number of aromatic nitrogens is 5. The highest BCUT2D eigenvalue weighted by Crippen LogP contribution is 2.49. The van der Waals surface area contributed by atoms with Crippen molar-refractivity contribution in [1.29, 1.82) is 0 Å².